The molecule has 15 heavy (non-hydrogen) atoms. The fourth-order valence-electron chi connectivity index (χ4n) is 1.53. The van der Waals surface area contributed by atoms with E-state index in [0.29, 0.717) is 18.9 Å². The summed E-state index contributed by atoms with van der Waals surface area (Å²) < 4.78 is 27.1. The zero-order valence-electron chi connectivity index (χ0n) is 8.01. The number of nitrogens with zero attached hydrogens (tertiary/aromatic N) is 2. The van der Waals surface area contributed by atoms with E-state index in [1.807, 2.05) is 0 Å². The van der Waals surface area contributed by atoms with E-state index < -0.39 is 9.84 Å². The molecule has 2 rings (SSSR count). The summed E-state index contributed by atoms with van der Waals surface area (Å²) in [5.41, 5.74) is 5.27. The second kappa shape index (κ2) is 3.78. The minimum Gasteiger partial charge on any atom is -0.365 e. The molecule has 0 bridgehead atoms. The molecule has 0 amide bonds. The van der Waals surface area contributed by atoms with Gasteiger partial charge in [-0.25, -0.2) is 8.42 Å². The lowest BCUT2D eigenvalue weighted by molar-refractivity contribution is 0.360. The molecular weight excluding hydrogens is 220 g/mol. The summed E-state index contributed by atoms with van der Waals surface area (Å²) in [6, 6.07) is -0.0249. The van der Waals surface area contributed by atoms with Gasteiger partial charge in [-0.05, 0) is 11.6 Å². The zero-order chi connectivity index (χ0) is 10.9. The molecule has 1 aliphatic heterocycles. The van der Waals surface area contributed by atoms with Crippen molar-refractivity contribution in [3.63, 3.8) is 0 Å². The minimum absolute atomic E-state index is 0.0249. The number of hydrogen-bond acceptors (Lipinski definition) is 7. The second-order valence-electron chi connectivity index (χ2n) is 3.53. The summed E-state index contributed by atoms with van der Waals surface area (Å²) >= 11 is 0. The van der Waals surface area contributed by atoms with Crippen LogP contribution in [-0.4, -0.2) is 36.1 Å². The Kier molecular flexibility index (Phi) is 2.61. The first-order valence-electron chi connectivity index (χ1n) is 4.57. The molecule has 7 nitrogen and oxygen atoms in total. The highest BCUT2D eigenvalue weighted by Crippen LogP contribution is 2.11. The average Bonchev–Trinajstić information content (AvgIpc) is 2.69. The van der Waals surface area contributed by atoms with Crippen LogP contribution < -0.4 is 11.1 Å². The van der Waals surface area contributed by atoms with Gasteiger partial charge in [0.05, 0.1) is 18.1 Å². The fraction of sp³-hybridized carbons (Fsp3) is 0.714. The number of nitrogens with two attached hydrogens (primary N) is 1. The van der Waals surface area contributed by atoms with Gasteiger partial charge in [-0.2, -0.15) is 4.98 Å². The third kappa shape index (κ3) is 2.66. The first kappa shape index (κ1) is 10.4. The van der Waals surface area contributed by atoms with Crippen LogP contribution in [-0.2, 0) is 16.4 Å². The van der Waals surface area contributed by atoms with E-state index in [1.165, 1.54) is 0 Å². The molecule has 84 valence electrons. The van der Waals surface area contributed by atoms with Crippen LogP contribution >= 0.6 is 0 Å². The van der Waals surface area contributed by atoms with Crippen LogP contribution in [0.25, 0.3) is 0 Å². The first-order chi connectivity index (χ1) is 7.05. The van der Waals surface area contributed by atoms with Gasteiger partial charge in [0.15, 0.2) is 9.84 Å². The van der Waals surface area contributed by atoms with Crippen molar-refractivity contribution in [3.05, 3.63) is 5.89 Å². The van der Waals surface area contributed by atoms with Gasteiger partial charge in [-0.3, -0.25) is 0 Å². The molecule has 1 aliphatic rings. The molecule has 8 heteroatoms. The van der Waals surface area contributed by atoms with Crippen molar-refractivity contribution in [2.75, 3.05) is 17.2 Å². The molecule has 1 atom stereocenters. The van der Waals surface area contributed by atoms with Crippen molar-refractivity contribution in [2.45, 2.75) is 19.0 Å². The minimum atomic E-state index is -2.85. The lowest BCUT2D eigenvalue weighted by Gasteiger charge is -2.06. The zero-order valence-corrected chi connectivity index (χ0v) is 8.83. The van der Waals surface area contributed by atoms with Gasteiger partial charge >= 0.3 is 0 Å². The smallest absolute Gasteiger partial charge is 0.260 e. The van der Waals surface area contributed by atoms with Crippen LogP contribution in [0.2, 0.25) is 0 Å². The summed E-state index contributed by atoms with van der Waals surface area (Å²) in [4.78, 5) is 3.80. The molecule has 1 fully saturated rings. The molecule has 0 spiro atoms. The SMILES string of the molecule is Nc1noc(CNC2CCS(=O)(=O)C2)n1. The van der Waals surface area contributed by atoms with Crippen LogP contribution in [0.5, 0.6) is 0 Å². The summed E-state index contributed by atoms with van der Waals surface area (Å²) in [6.45, 7) is 0.352. The standard InChI is InChI=1S/C7H12N4O3S/c8-7-10-6(14-11-7)3-9-5-1-2-15(12,13)4-5/h5,9H,1-4H2,(H2,8,11). The fourth-order valence-corrected chi connectivity index (χ4v) is 3.24. The second-order valence-corrected chi connectivity index (χ2v) is 5.76. The average molecular weight is 232 g/mol. The van der Waals surface area contributed by atoms with E-state index >= 15 is 0 Å². The Labute approximate surface area is 87.0 Å². The topological polar surface area (TPSA) is 111 Å². The maximum atomic E-state index is 11.1. The molecule has 0 radical (unpaired) electrons. The van der Waals surface area contributed by atoms with Crippen molar-refractivity contribution in [2.24, 2.45) is 0 Å². The Morgan fingerprint density at radius 3 is 2.93 bits per heavy atom. The van der Waals surface area contributed by atoms with Crippen molar-refractivity contribution in [1.29, 1.82) is 0 Å². The van der Waals surface area contributed by atoms with Gasteiger partial charge in [0.1, 0.15) is 0 Å². The number of rotatable bonds is 3. The van der Waals surface area contributed by atoms with Crippen LogP contribution in [0, 0.1) is 0 Å². The Morgan fingerprint density at radius 1 is 1.60 bits per heavy atom. The highest BCUT2D eigenvalue weighted by Gasteiger charge is 2.27. The third-order valence-electron chi connectivity index (χ3n) is 2.26. The molecule has 2 heterocycles. The summed E-state index contributed by atoms with van der Waals surface area (Å²) in [5.74, 6) is 0.885. The van der Waals surface area contributed by atoms with E-state index in [2.05, 4.69) is 15.5 Å². The highest BCUT2D eigenvalue weighted by molar-refractivity contribution is 7.91. The Balaban J connectivity index is 1.85. The van der Waals surface area contributed by atoms with E-state index in [9.17, 15) is 8.42 Å². The van der Waals surface area contributed by atoms with Crippen molar-refractivity contribution in [3.8, 4) is 0 Å². The number of hydrogen-bond donors (Lipinski definition) is 2. The molecule has 1 saturated heterocycles. The van der Waals surface area contributed by atoms with Crippen molar-refractivity contribution >= 4 is 15.8 Å². The lowest BCUT2D eigenvalue weighted by atomic mass is 10.3. The molecular formula is C7H12N4O3S. The summed E-state index contributed by atoms with van der Waals surface area (Å²) in [6.07, 6.45) is 0.631. The maximum Gasteiger partial charge on any atom is 0.260 e. The third-order valence-corrected chi connectivity index (χ3v) is 4.03. The van der Waals surface area contributed by atoms with Gasteiger partial charge in [0.2, 0.25) is 5.89 Å². The van der Waals surface area contributed by atoms with Crippen LogP contribution in [0.4, 0.5) is 5.95 Å². The van der Waals surface area contributed by atoms with Crippen LogP contribution in [0.15, 0.2) is 4.52 Å². The quantitative estimate of drug-likeness (QED) is 0.682. The van der Waals surface area contributed by atoms with Crippen LogP contribution in [0.3, 0.4) is 0 Å². The molecule has 0 saturated carbocycles. The largest absolute Gasteiger partial charge is 0.365 e. The van der Waals surface area contributed by atoms with Crippen molar-refractivity contribution < 1.29 is 12.9 Å². The predicted molar refractivity (Wildman–Crippen MR) is 52.6 cm³/mol. The van der Waals surface area contributed by atoms with E-state index in [-0.39, 0.29) is 23.5 Å². The van der Waals surface area contributed by atoms with E-state index in [1.54, 1.807) is 0 Å². The van der Waals surface area contributed by atoms with Gasteiger partial charge in [0, 0.05) is 6.04 Å². The molecule has 0 aliphatic carbocycles. The molecule has 3 N–H and O–H groups in total. The summed E-state index contributed by atoms with van der Waals surface area (Å²) in [5, 5.41) is 6.46. The van der Waals surface area contributed by atoms with Crippen LogP contribution in [0.1, 0.15) is 12.3 Å². The first-order valence-corrected chi connectivity index (χ1v) is 6.39. The maximum absolute atomic E-state index is 11.1. The Hall–Kier alpha value is -1.15. The number of sulfone groups is 1. The van der Waals surface area contributed by atoms with E-state index in [0.717, 1.165) is 0 Å². The number of anilines is 1. The van der Waals surface area contributed by atoms with Gasteiger partial charge in [-0.15, -0.1) is 0 Å². The van der Waals surface area contributed by atoms with Gasteiger partial charge in [-0.1, -0.05) is 0 Å². The Morgan fingerprint density at radius 2 is 2.40 bits per heavy atom. The van der Waals surface area contributed by atoms with Gasteiger partial charge < -0.3 is 15.6 Å². The Bertz CT molecular complexity index is 441. The number of nitrogens with one attached hydrogen (secondary N) is 1. The van der Waals surface area contributed by atoms with Crippen molar-refractivity contribution in [1.82, 2.24) is 15.5 Å². The van der Waals surface area contributed by atoms with E-state index in [4.69, 9.17) is 10.3 Å². The van der Waals surface area contributed by atoms with Gasteiger partial charge in [0.25, 0.3) is 5.95 Å². The number of nitrogen functional groups attached to an aromatic ring is 1. The lowest BCUT2D eigenvalue weighted by Crippen LogP contribution is -2.29. The normalized spacial score (nSPS) is 24.4. The number of aromatic nitrogens is 2. The monoisotopic (exact) mass is 232 g/mol. The highest BCUT2D eigenvalue weighted by atomic mass is 32.2. The predicted octanol–water partition coefficient (Wildman–Crippen LogP) is -1.07. The molecule has 1 aromatic heterocycles. The molecule has 1 aromatic rings. The molecule has 1 unspecified atom stereocenters. The summed E-state index contributed by atoms with van der Waals surface area (Å²) in [7, 11) is -2.85. The molecule has 0 aromatic carbocycles.